The minimum atomic E-state index is 0.480. The zero-order valence-electron chi connectivity index (χ0n) is 11.7. The summed E-state index contributed by atoms with van der Waals surface area (Å²) in [6.45, 7) is 2.12. The van der Waals surface area contributed by atoms with Gasteiger partial charge in [0.25, 0.3) is 0 Å². The number of hydrogen-bond acceptors (Lipinski definition) is 5. The molecular formula is C15H19N5. The lowest BCUT2D eigenvalue weighted by Crippen LogP contribution is -2.44. The van der Waals surface area contributed by atoms with E-state index in [-0.39, 0.29) is 0 Å². The first kappa shape index (κ1) is 13.0. The number of pyridine rings is 1. The van der Waals surface area contributed by atoms with Crippen LogP contribution in [0.1, 0.15) is 12.8 Å². The zero-order valence-corrected chi connectivity index (χ0v) is 11.7. The second-order valence-electron chi connectivity index (χ2n) is 5.12. The number of anilines is 1. The van der Waals surface area contributed by atoms with E-state index in [1.54, 1.807) is 6.20 Å². The summed E-state index contributed by atoms with van der Waals surface area (Å²) in [7, 11) is 2.07. The van der Waals surface area contributed by atoms with Crippen molar-refractivity contribution in [1.82, 2.24) is 20.3 Å². The highest BCUT2D eigenvalue weighted by molar-refractivity contribution is 5.60. The van der Waals surface area contributed by atoms with Crippen molar-refractivity contribution in [3.05, 3.63) is 36.9 Å². The van der Waals surface area contributed by atoms with Crippen molar-refractivity contribution in [2.75, 3.05) is 25.0 Å². The van der Waals surface area contributed by atoms with Gasteiger partial charge in [-0.15, -0.1) is 0 Å². The molecule has 20 heavy (non-hydrogen) atoms. The van der Waals surface area contributed by atoms with Crippen LogP contribution in [-0.4, -0.2) is 41.1 Å². The van der Waals surface area contributed by atoms with Crippen LogP contribution < -0.4 is 10.2 Å². The van der Waals surface area contributed by atoms with Crippen LogP contribution in [0.2, 0.25) is 0 Å². The molecule has 1 aliphatic heterocycles. The highest BCUT2D eigenvalue weighted by Gasteiger charge is 2.19. The molecule has 1 aliphatic rings. The van der Waals surface area contributed by atoms with Crippen molar-refractivity contribution in [3.63, 3.8) is 0 Å². The third-order valence-corrected chi connectivity index (χ3v) is 3.77. The van der Waals surface area contributed by atoms with Gasteiger partial charge in [0.05, 0.1) is 0 Å². The molecule has 1 atom stereocenters. The molecule has 1 saturated heterocycles. The Morgan fingerprint density at radius 1 is 1.20 bits per heavy atom. The van der Waals surface area contributed by atoms with Crippen molar-refractivity contribution in [2.24, 2.45) is 0 Å². The van der Waals surface area contributed by atoms with Crippen LogP contribution in [0.3, 0.4) is 0 Å². The van der Waals surface area contributed by atoms with Crippen molar-refractivity contribution in [2.45, 2.75) is 18.9 Å². The summed E-state index contributed by atoms with van der Waals surface area (Å²) in [4.78, 5) is 15.3. The molecule has 0 amide bonds. The summed E-state index contributed by atoms with van der Waals surface area (Å²) >= 11 is 0. The average molecular weight is 269 g/mol. The van der Waals surface area contributed by atoms with E-state index in [1.807, 2.05) is 30.7 Å². The highest BCUT2D eigenvalue weighted by atomic mass is 15.3. The Bertz CT molecular complexity index is 534. The van der Waals surface area contributed by atoms with Gasteiger partial charge in [-0.2, -0.15) is 0 Å². The number of likely N-dealkylation sites (N-methyl/N-ethyl adjacent to an activating group) is 1. The summed E-state index contributed by atoms with van der Waals surface area (Å²) in [6, 6.07) is 4.41. The van der Waals surface area contributed by atoms with Gasteiger partial charge >= 0.3 is 0 Å². The van der Waals surface area contributed by atoms with Crippen molar-refractivity contribution in [3.8, 4) is 11.1 Å². The van der Waals surface area contributed by atoms with E-state index in [2.05, 4.69) is 32.2 Å². The molecule has 0 aromatic carbocycles. The Labute approximate surface area is 119 Å². The van der Waals surface area contributed by atoms with Gasteiger partial charge in [0.2, 0.25) is 5.95 Å². The van der Waals surface area contributed by atoms with Gasteiger partial charge in [-0.25, -0.2) is 9.97 Å². The van der Waals surface area contributed by atoms with Crippen molar-refractivity contribution in [1.29, 1.82) is 0 Å². The van der Waals surface area contributed by atoms with Crippen LogP contribution in [0, 0.1) is 0 Å². The summed E-state index contributed by atoms with van der Waals surface area (Å²) in [5.41, 5.74) is 2.04. The maximum absolute atomic E-state index is 4.49. The van der Waals surface area contributed by atoms with E-state index < -0.39 is 0 Å². The van der Waals surface area contributed by atoms with E-state index >= 15 is 0 Å². The first-order valence-electron chi connectivity index (χ1n) is 7.00. The number of piperidine rings is 1. The third kappa shape index (κ3) is 2.77. The Kier molecular flexibility index (Phi) is 3.87. The molecule has 0 aliphatic carbocycles. The minimum absolute atomic E-state index is 0.480. The molecule has 5 nitrogen and oxygen atoms in total. The fourth-order valence-corrected chi connectivity index (χ4v) is 2.51. The number of rotatable bonds is 3. The Morgan fingerprint density at radius 2 is 2.05 bits per heavy atom. The maximum atomic E-state index is 4.49. The molecule has 0 spiro atoms. The molecule has 1 N–H and O–H groups in total. The van der Waals surface area contributed by atoms with Gasteiger partial charge in [-0.3, -0.25) is 4.98 Å². The molecule has 0 saturated carbocycles. The molecule has 3 heterocycles. The number of aromatic nitrogens is 3. The predicted octanol–water partition coefficient (Wildman–Crippen LogP) is 1.73. The summed E-state index contributed by atoms with van der Waals surface area (Å²) in [6.07, 6.45) is 9.73. The maximum Gasteiger partial charge on any atom is 0.225 e. The van der Waals surface area contributed by atoms with Crippen molar-refractivity contribution < 1.29 is 0 Å². The summed E-state index contributed by atoms with van der Waals surface area (Å²) in [5, 5.41) is 3.42. The lowest BCUT2D eigenvalue weighted by atomic mass is 10.1. The van der Waals surface area contributed by atoms with Crippen LogP contribution in [0.4, 0.5) is 5.95 Å². The van der Waals surface area contributed by atoms with Gasteiger partial charge < -0.3 is 10.2 Å². The Hall–Kier alpha value is -2.01. The Balaban J connectivity index is 1.75. The van der Waals surface area contributed by atoms with E-state index in [0.29, 0.717) is 6.04 Å². The summed E-state index contributed by atoms with van der Waals surface area (Å²) < 4.78 is 0. The molecule has 1 unspecified atom stereocenters. The lowest BCUT2D eigenvalue weighted by Gasteiger charge is -2.31. The first-order valence-corrected chi connectivity index (χ1v) is 7.00. The molecule has 0 bridgehead atoms. The lowest BCUT2D eigenvalue weighted by molar-refractivity contribution is 0.441. The van der Waals surface area contributed by atoms with E-state index in [4.69, 9.17) is 0 Å². The van der Waals surface area contributed by atoms with Crippen LogP contribution in [0.25, 0.3) is 11.1 Å². The second-order valence-corrected chi connectivity index (χ2v) is 5.12. The van der Waals surface area contributed by atoms with E-state index in [1.165, 1.54) is 12.8 Å². The van der Waals surface area contributed by atoms with Gasteiger partial charge in [0.1, 0.15) is 0 Å². The fraction of sp³-hybridized carbons (Fsp3) is 0.400. The second kappa shape index (κ2) is 5.96. The van der Waals surface area contributed by atoms with Gasteiger partial charge in [0.15, 0.2) is 0 Å². The third-order valence-electron chi connectivity index (χ3n) is 3.77. The monoisotopic (exact) mass is 269 g/mol. The molecular weight excluding hydrogens is 250 g/mol. The van der Waals surface area contributed by atoms with Gasteiger partial charge in [0, 0.05) is 55.5 Å². The predicted molar refractivity (Wildman–Crippen MR) is 79.6 cm³/mol. The first-order chi connectivity index (χ1) is 9.84. The SMILES string of the molecule is CN(c1ncc(-c2cccnc2)cn1)C1CCCNC1. The zero-order chi connectivity index (χ0) is 13.8. The topological polar surface area (TPSA) is 53.9 Å². The minimum Gasteiger partial charge on any atom is -0.340 e. The summed E-state index contributed by atoms with van der Waals surface area (Å²) in [5.74, 6) is 0.784. The number of nitrogens with one attached hydrogen (secondary N) is 1. The molecule has 1 fully saturated rings. The average Bonchev–Trinajstić information content (AvgIpc) is 2.56. The fourth-order valence-electron chi connectivity index (χ4n) is 2.51. The van der Waals surface area contributed by atoms with Crippen molar-refractivity contribution >= 4 is 5.95 Å². The van der Waals surface area contributed by atoms with Crippen LogP contribution >= 0.6 is 0 Å². The molecule has 0 radical (unpaired) electrons. The highest BCUT2D eigenvalue weighted by Crippen LogP contribution is 2.19. The van der Waals surface area contributed by atoms with Gasteiger partial charge in [-0.05, 0) is 25.5 Å². The molecule has 5 heteroatoms. The van der Waals surface area contributed by atoms with E-state index in [9.17, 15) is 0 Å². The van der Waals surface area contributed by atoms with E-state index in [0.717, 1.165) is 30.2 Å². The van der Waals surface area contributed by atoms with Crippen LogP contribution in [-0.2, 0) is 0 Å². The molecule has 2 aromatic rings. The largest absolute Gasteiger partial charge is 0.340 e. The molecule has 2 aromatic heterocycles. The normalized spacial score (nSPS) is 18.8. The van der Waals surface area contributed by atoms with Crippen LogP contribution in [0.15, 0.2) is 36.9 Å². The number of hydrogen-bond donors (Lipinski definition) is 1. The quantitative estimate of drug-likeness (QED) is 0.919. The molecule has 104 valence electrons. The smallest absolute Gasteiger partial charge is 0.225 e. The number of nitrogens with zero attached hydrogens (tertiary/aromatic N) is 4. The molecule has 3 rings (SSSR count). The Morgan fingerprint density at radius 3 is 2.70 bits per heavy atom. The van der Waals surface area contributed by atoms with Gasteiger partial charge in [-0.1, -0.05) is 6.07 Å². The standard InChI is InChI=1S/C15H19N5/c1-20(14-5-3-7-17-11-14)15-18-9-13(10-19-15)12-4-2-6-16-8-12/h2,4,6,8-10,14,17H,3,5,7,11H2,1H3. The van der Waals surface area contributed by atoms with Crippen LogP contribution in [0.5, 0.6) is 0 Å².